The van der Waals surface area contributed by atoms with E-state index in [9.17, 15) is 0 Å². The van der Waals surface area contributed by atoms with Crippen molar-refractivity contribution in [2.24, 2.45) is 11.7 Å². The maximum atomic E-state index is 6.09. The van der Waals surface area contributed by atoms with Gasteiger partial charge in [-0.15, -0.1) is 0 Å². The van der Waals surface area contributed by atoms with E-state index in [0.29, 0.717) is 30.7 Å². The first kappa shape index (κ1) is 14.1. The molecule has 0 amide bonds. The summed E-state index contributed by atoms with van der Waals surface area (Å²) in [6.45, 7) is 4.88. The third-order valence-electron chi connectivity index (χ3n) is 3.71. The summed E-state index contributed by atoms with van der Waals surface area (Å²) in [7, 11) is 0. The number of aromatic nitrogens is 2. The van der Waals surface area contributed by atoms with Crippen LogP contribution in [0, 0.1) is 5.92 Å². The molecule has 1 aliphatic rings. The lowest BCUT2D eigenvalue weighted by atomic mass is 10.0. The van der Waals surface area contributed by atoms with Crippen LogP contribution in [-0.4, -0.2) is 22.8 Å². The van der Waals surface area contributed by atoms with Crippen LogP contribution in [0.1, 0.15) is 43.5 Å². The van der Waals surface area contributed by atoms with Gasteiger partial charge in [-0.05, 0) is 18.4 Å². The predicted molar refractivity (Wildman–Crippen MR) is 79.2 cm³/mol. The molecule has 2 heterocycles. The molecule has 0 saturated carbocycles. The number of fused-ring (bicyclic) bond motifs is 1. The number of nitrogens with two attached hydrogens (primary N) is 1. The fraction of sp³-hybridized carbons (Fsp3) is 0.500. The van der Waals surface area contributed by atoms with Gasteiger partial charge < -0.3 is 15.0 Å². The highest BCUT2D eigenvalue weighted by molar-refractivity contribution is 5.42. The second kappa shape index (κ2) is 5.85. The van der Waals surface area contributed by atoms with Gasteiger partial charge in [0.05, 0.1) is 5.92 Å². The van der Waals surface area contributed by atoms with Crippen LogP contribution in [0.15, 0.2) is 28.8 Å². The maximum absolute atomic E-state index is 6.09. The Morgan fingerprint density at radius 1 is 1.33 bits per heavy atom. The smallest absolute Gasteiger partial charge is 0.228 e. The van der Waals surface area contributed by atoms with Crippen molar-refractivity contribution in [1.82, 2.24) is 10.1 Å². The van der Waals surface area contributed by atoms with E-state index in [2.05, 4.69) is 24.0 Å². The molecule has 3 rings (SSSR count). The van der Waals surface area contributed by atoms with E-state index in [1.54, 1.807) is 0 Å². The Balaban J connectivity index is 1.71. The highest BCUT2D eigenvalue weighted by Crippen LogP contribution is 2.36. The summed E-state index contributed by atoms with van der Waals surface area (Å²) in [6, 6.07) is 8.04. The first-order chi connectivity index (χ1) is 10.1. The third-order valence-corrected chi connectivity index (χ3v) is 3.71. The van der Waals surface area contributed by atoms with Crippen molar-refractivity contribution >= 4 is 0 Å². The molecule has 2 aromatic rings. The number of hydrogen-bond acceptors (Lipinski definition) is 5. The number of para-hydroxylation sites is 1. The molecule has 0 fully saturated rings. The molecule has 0 radical (unpaired) electrons. The SMILES string of the molecule is CC(C)CC(N)Cc1nc(C2COc3ccccc32)no1. The van der Waals surface area contributed by atoms with Crippen LogP contribution in [0.4, 0.5) is 0 Å². The van der Waals surface area contributed by atoms with Gasteiger partial charge in [-0.1, -0.05) is 37.2 Å². The summed E-state index contributed by atoms with van der Waals surface area (Å²) < 4.78 is 11.0. The Labute approximate surface area is 124 Å². The molecular weight excluding hydrogens is 266 g/mol. The first-order valence-corrected chi connectivity index (χ1v) is 7.43. The Bertz CT molecular complexity index is 609. The van der Waals surface area contributed by atoms with E-state index < -0.39 is 0 Å². The average Bonchev–Trinajstić information content (AvgIpc) is 3.03. The zero-order valence-corrected chi connectivity index (χ0v) is 12.5. The molecule has 1 aromatic carbocycles. The molecule has 2 N–H and O–H groups in total. The van der Waals surface area contributed by atoms with Crippen LogP contribution in [-0.2, 0) is 6.42 Å². The van der Waals surface area contributed by atoms with Crippen LogP contribution < -0.4 is 10.5 Å². The third kappa shape index (κ3) is 3.08. The van der Waals surface area contributed by atoms with Crippen LogP contribution in [0.2, 0.25) is 0 Å². The Kier molecular flexibility index (Phi) is 3.92. The van der Waals surface area contributed by atoms with E-state index in [1.165, 1.54) is 0 Å². The highest BCUT2D eigenvalue weighted by atomic mass is 16.5. The molecule has 2 atom stereocenters. The minimum absolute atomic E-state index is 0.0556. The Hall–Kier alpha value is -1.88. The van der Waals surface area contributed by atoms with Gasteiger partial charge in [0.2, 0.25) is 5.89 Å². The summed E-state index contributed by atoms with van der Waals surface area (Å²) >= 11 is 0. The highest BCUT2D eigenvalue weighted by Gasteiger charge is 2.29. The molecule has 0 saturated heterocycles. The second-order valence-electron chi connectivity index (χ2n) is 6.04. The van der Waals surface area contributed by atoms with Gasteiger partial charge in [-0.2, -0.15) is 4.98 Å². The Morgan fingerprint density at radius 3 is 2.95 bits per heavy atom. The largest absolute Gasteiger partial charge is 0.492 e. The molecule has 21 heavy (non-hydrogen) atoms. The molecule has 0 aliphatic carbocycles. The van der Waals surface area contributed by atoms with Crippen molar-refractivity contribution in [2.75, 3.05) is 6.61 Å². The number of nitrogens with zero attached hydrogens (tertiary/aromatic N) is 2. The van der Waals surface area contributed by atoms with Crippen molar-refractivity contribution in [2.45, 2.75) is 38.6 Å². The van der Waals surface area contributed by atoms with Gasteiger partial charge in [-0.3, -0.25) is 0 Å². The molecule has 1 aliphatic heterocycles. The van der Waals surface area contributed by atoms with Gasteiger partial charge in [0.25, 0.3) is 0 Å². The van der Waals surface area contributed by atoms with E-state index >= 15 is 0 Å². The number of ether oxygens (including phenoxy) is 1. The average molecular weight is 287 g/mol. The van der Waals surface area contributed by atoms with Crippen molar-refractivity contribution in [1.29, 1.82) is 0 Å². The predicted octanol–water partition coefficient (Wildman–Crippen LogP) is 2.51. The minimum atomic E-state index is 0.0556. The van der Waals surface area contributed by atoms with Crippen LogP contribution in [0.3, 0.4) is 0 Å². The van der Waals surface area contributed by atoms with Crippen LogP contribution in [0.5, 0.6) is 5.75 Å². The van der Waals surface area contributed by atoms with Crippen molar-refractivity contribution in [3.63, 3.8) is 0 Å². The lowest BCUT2D eigenvalue weighted by molar-refractivity contribution is 0.329. The molecule has 5 heteroatoms. The van der Waals surface area contributed by atoms with Gasteiger partial charge in [0.1, 0.15) is 12.4 Å². The quantitative estimate of drug-likeness (QED) is 0.914. The summed E-state index contributed by atoms with van der Waals surface area (Å²) in [5, 5.41) is 4.11. The second-order valence-corrected chi connectivity index (χ2v) is 6.04. The van der Waals surface area contributed by atoms with Crippen LogP contribution in [0.25, 0.3) is 0 Å². The molecule has 0 spiro atoms. The maximum Gasteiger partial charge on any atom is 0.228 e. The van der Waals surface area contributed by atoms with Gasteiger partial charge in [0.15, 0.2) is 5.82 Å². The number of hydrogen-bond donors (Lipinski definition) is 1. The van der Waals surface area contributed by atoms with Crippen LogP contribution >= 0.6 is 0 Å². The summed E-state index contributed by atoms with van der Waals surface area (Å²) in [6.07, 6.45) is 1.58. The zero-order chi connectivity index (χ0) is 14.8. The number of rotatable bonds is 5. The topological polar surface area (TPSA) is 74.2 Å². The summed E-state index contributed by atoms with van der Waals surface area (Å²) in [5.41, 5.74) is 7.22. The number of benzene rings is 1. The fourth-order valence-corrected chi connectivity index (χ4v) is 2.78. The zero-order valence-electron chi connectivity index (χ0n) is 12.5. The molecule has 0 bridgehead atoms. The lowest BCUT2D eigenvalue weighted by Gasteiger charge is -2.10. The van der Waals surface area contributed by atoms with Crippen molar-refractivity contribution in [3.8, 4) is 5.75 Å². The van der Waals surface area contributed by atoms with E-state index in [1.807, 2.05) is 24.3 Å². The minimum Gasteiger partial charge on any atom is -0.492 e. The molecule has 5 nitrogen and oxygen atoms in total. The lowest BCUT2D eigenvalue weighted by Crippen LogP contribution is -2.24. The van der Waals surface area contributed by atoms with E-state index in [0.717, 1.165) is 17.7 Å². The first-order valence-electron chi connectivity index (χ1n) is 7.43. The Morgan fingerprint density at radius 2 is 2.14 bits per heavy atom. The molecule has 112 valence electrons. The van der Waals surface area contributed by atoms with Gasteiger partial charge >= 0.3 is 0 Å². The monoisotopic (exact) mass is 287 g/mol. The molecule has 2 unspecified atom stereocenters. The van der Waals surface area contributed by atoms with Crippen molar-refractivity contribution < 1.29 is 9.26 Å². The van der Waals surface area contributed by atoms with Gasteiger partial charge in [0, 0.05) is 18.0 Å². The van der Waals surface area contributed by atoms with Gasteiger partial charge in [-0.25, -0.2) is 0 Å². The molecule has 1 aromatic heterocycles. The molecular formula is C16H21N3O2. The standard InChI is InChI=1S/C16H21N3O2/c1-10(2)7-11(17)8-15-18-16(19-21-15)13-9-20-14-6-4-3-5-12(13)14/h3-6,10-11,13H,7-9,17H2,1-2H3. The van der Waals surface area contributed by atoms with Crippen molar-refractivity contribution in [3.05, 3.63) is 41.5 Å². The summed E-state index contributed by atoms with van der Waals surface area (Å²) in [5.74, 6) is 2.83. The van der Waals surface area contributed by atoms with E-state index in [4.69, 9.17) is 15.0 Å². The van der Waals surface area contributed by atoms with E-state index in [-0.39, 0.29) is 12.0 Å². The fourth-order valence-electron chi connectivity index (χ4n) is 2.78. The normalized spacial score (nSPS) is 18.6. The summed E-state index contributed by atoms with van der Waals surface area (Å²) in [4.78, 5) is 4.50.